The van der Waals surface area contributed by atoms with Crippen LogP contribution in [0.15, 0.2) is 52.1 Å². The monoisotopic (exact) mass is 727 g/mol. The van der Waals surface area contributed by atoms with Gasteiger partial charge in [0, 0.05) is 43.4 Å². The zero-order valence-electron chi connectivity index (χ0n) is 17.2. The molecule has 4 nitrogen and oxygen atoms in total. The number of nitrogens with zero attached hydrogens (tertiary/aromatic N) is 2. The van der Waals surface area contributed by atoms with Gasteiger partial charge in [-0.3, -0.25) is 9.98 Å². The average molecular weight is 732 g/mol. The number of halogens is 4. The quantitative estimate of drug-likeness (QED) is 0.167. The van der Waals surface area contributed by atoms with Crippen molar-refractivity contribution >= 4 is 76.1 Å². The maximum absolute atomic E-state index is 11.6. The topological polar surface area (TPSA) is 70.8 Å². The van der Waals surface area contributed by atoms with E-state index in [0.717, 1.165) is 47.7 Å². The summed E-state index contributed by atoms with van der Waals surface area (Å²) >= 11 is 13.1. The zero-order chi connectivity index (χ0) is 22.5. The predicted molar refractivity (Wildman–Crippen MR) is 137 cm³/mol. The van der Waals surface area contributed by atoms with Gasteiger partial charge in [0.2, 0.25) is 0 Å². The van der Waals surface area contributed by atoms with E-state index in [9.17, 15) is 10.2 Å². The number of benzene rings is 2. The number of unbranched alkanes of at least 4 members (excludes halogenated alkanes) is 2. The molecule has 0 aliphatic rings. The molecule has 0 spiro atoms. The molecule has 0 bridgehead atoms. The van der Waals surface area contributed by atoms with Gasteiger partial charge in [-0.25, -0.2) is 0 Å². The van der Waals surface area contributed by atoms with Crippen LogP contribution in [-0.2, 0) is 17.1 Å². The van der Waals surface area contributed by atoms with Crippen molar-refractivity contribution in [2.75, 3.05) is 13.1 Å². The number of hydrogen-bond acceptors (Lipinski definition) is 4. The summed E-state index contributed by atoms with van der Waals surface area (Å²) in [6.07, 6.45) is 7.63. The first-order chi connectivity index (χ1) is 14.3. The van der Waals surface area contributed by atoms with Gasteiger partial charge < -0.3 is 10.2 Å². The Morgan fingerprint density at radius 3 is 1.39 bits per heavy atom. The van der Waals surface area contributed by atoms with Crippen LogP contribution in [0.2, 0.25) is 0 Å². The Hall–Kier alpha value is -0.181. The van der Waals surface area contributed by atoms with Crippen LogP contribution in [0.5, 0.6) is 11.5 Å². The molecule has 0 aliphatic carbocycles. The summed E-state index contributed by atoms with van der Waals surface area (Å²) in [5, 5.41) is 23.3. The van der Waals surface area contributed by atoms with E-state index in [-0.39, 0.29) is 28.6 Å². The molecular weight excluding hydrogens is 707 g/mol. The third-order valence-electron chi connectivity index (χ3n) is 3.82. The molecule has 0 atom stereocenters. The molecular formula is C22H24Br4CuN2O2. The Labute approximate surface area is 229 Å². The molecule has 173 valence electrons. The van der Waals surface area contributed by atoms with Gasteiger partial charge in [-0.15, -0.1) is 0 Å². The molecule has 0 heterocycles. The summed E-state index contributed by atoms with van der Waals surface area (Å²) < 4.78 is 2.89. The molecule has 0 aromatic heterocycles. The molecule has 0 aliphatic heterocycles. The number of aliphatic imine (C=N–C) groups is 2. The van der Waals surface area contributed by atoms with Crippen molar-refractivity contribution in [3.8, 4) is 11.5 Å². The molecule has 0 fully saturated rings. The average Bonchev–Trinajstić information content (AvgIpc) is 2.70. The van der Waals surface area contributed by atoms with Crippen molar-refractivity contribution in [1.29, 1.82) is 0 Å². The SMILES string of the molecule is CCCCN=Cc1cc(Br)cc(Br)c1[O-].CCCCN=Cc1cc(Br)cc(Br)c1[O-].[Cu+2]. The van der Waals surface area contributed by atoms with Gasteiger partial charge in [0.05, 0.1) is 0 Å². The Kier molecular flexibility index (Phi) is 17.2. The third kappa shape index (κ3) is 12.0. The molecule has 2 aromatic carbocycles. The molecule has 9 heteroatoms. The first-order valence-electron chi connectivity index (χ1n) is 9.61. The zero-order valence-corrected chi connectivity index (χ0v) is 24.5. The normalized spacial score (nSPS) is 10.8. The molecule has 0 saturated carbocycles. The Morgan fingerprint density at radius 2 is 1.06 bits per heavy atom. The maximum atomic E-state index is 11.6. The van der Waals surface area contributed by atoms with Gasteiger partial charge in [0.15, 0.2) is 0 Å². The van der Waals surface area contributed by atoms with Crippen molar-refractivity contribution in [1.82, 2.24) is 0 Å². The largest absolute Gasteiger partial charge is 2.00 e. The van der Waals surface area contributed by atoms with Crippen LogP contribution in [0.3, 0.4) is 0 Å². The van der Waals surface area contributed by atoms with E-state index in [4.69, 9.17) is 0 Å². The maximum Gasteiger partial charge on any atom is 2.00 e. The minimum atomic E-state index is -0.0153. The smallest absolute Gasteiger partial charge is 0.871 e. The van der Waals surface area contributed by atoms with Gasteiger partial charge in [-0.2, -0.15) is 0 Å². The summed E-state index contributed by atoms with van der Waals surface area (Å²) in [6.45, 7) is 5.79. The van der Waals surface area contributed by atoms with Crippen molar-refractivity contribution in [2.24, 2.45) is 9.98 Å². The van der Waals surface area contributed by atoms with Gasteiger partial charge in [-0.05, 0) is 48.2 Å². The van der Waals surface area contributed by atoms with Crippen LogP contribution >= 0.6 is 63.7 Å². The van der Waals surface area contributed by atoms with E-state index in [1.807, 2.05) is 0 Å². The second-order valence-electron chi connectivity index (χ2n) is 6.39. The van der Waals surface area contributed by atoms with Gasteiger partial charge in [0.25, 0.3) is 0 Å². The second-order valence-corrected chi connectivity index (χ2v) is 9.93. The summed E-state index contributed by atoms with van der Waals surface area (Å²) in [6, 6.07) is 7.04. The Balaban J connectivity index is 0.000000562. The van der Waals surface area contributed by atoms with Crippen molar-refractivity contribution < 1.29 is 27.3 Å². The summed E-state index contributed by atoms with van der Waals surface area (Å²) in [5.41, 5.74) is 1.24. The fourth-order valence-electron chi connectivity index (χ4n) is 2.18. The molecule has 0 saturated heterocycles. The van der Waals surface area contributed by atoms with E-state index in [1.165, 1.54) is 0 Å². The molecule has 31 heavy (non-hydrogen) atoms. The third-order valence-corrected chi connectivity index (χ3v) is 5.91. The van der Waals surface area contributed by atoms with Crippen molar-refractivity contribution in [3.63, 3.8) is 0 Å². The Morgan fingerprint density at radius 1 is 0.710 bits per heavy atom. The van der Waals surface area contributed by atoms with Crippen LogP contribution in [0.25, 0.3) is 0 Å². The minimum absolute atomic E-state index is 0. The van der Waals surface area contributed by atoms with Crippen LogP contribution < -0.4 is 10.2 Å². The number of hydrogen-bond donors (Lipinski definition) is 0. The van der Waals surface area contributed by atoms with E-state index in [0.29, 0.717) is 20.1 Å². The standard InChI is InChI=1S/2C11H13Br2NO.Cu/c2*1-2-3-4-14-7-8-5-9(12)6-10(13)11(8)15;/h2*5-7,15H,2-4H2,1H3;/q;;+2/p-2. The van der Waals surface area contributed by atoms with Crippen LogP contribution in [0.1, 0.15) is 50.7 Å². The minimum Gasteiger partial charge on any atom is -0.871 e. The van der Waals surface area contributed by atoms with E-state index < -0.39 is 0 Å². The first-order valence-corrected chi connectivity index (χ1v) is 12.8. The first kappa shape index (κ1) is 30.8. The van der Waals surface area contributed by atoms with Crippen molar-refractivity contribution in [3.05, 3.63) is 53.3 Å². The molecule has 0 N–H and O–H groups in total. The van der Waals surface area contributed by atoms with Crippen LogP contribution in [-0.4, -0.2) is 25.5 Å². The number of rotatable bonds is 8. The van der Waals surface area contributed by atoms with Gasteiger partial charge >= 0.3 is 17.1 Å². The summed E-state index contributed by atoms with van der Waals surface area (Å²) in [7, 11) is 0. The molecule has 2 rings (SSSR count). The fourth-order valence-corrected chi connectivity index (χ4v) is 4.69. The van der Waals surface area contributed by atoms with E-state index in [1.54, 1.807) is 36.7 Å². The summed E-state index contributed by atoms with van der Waals surface area (Å²) in [4.78, 5) is 8.42. The van der Waals surface area contributed by atoms with Crippen LogP contribution in [0.4, 0.5) is 0 Å². The molecule has 0 amide bonds. The molecule has 1 radical (unpaired) electrons. The van der Waals surface area contributed by atoms with E-state index in [2.05, 4.69) is 87.6 Å². The summed E-state index contributed by atoms with van der Waals surface area (Å²) in [5.74, 6) is -0.0307. The van der Waals surface area contributed by atoms with E-state index >= 15 is 0 Å². The second kappa shape index (κ2) is 17.3. The van der Waals surface area contributed by atoms with Gasteiger partial charge in [0.1, 0.15) is 0 Å². The predicted octanol–water partition coefficient (Wildman–Crippen LogP) is 7.01. The molecule has 2 aromatic rings. The molecule has 0 unspecified atom stereocenters. The van der Waals surface area contributed by atoms with Gasteiger partial charge in [-0.1, -0.05) is 102 Å². The Bertz CT molecular complexity index is 806. The van der Waals surface area contributed by atoms with Crippen molar-refractivity contribution in [2.45, 2.75) is 39.5 Å². The van der Waals surface area contributed by atoms with Crippen LogP contribution in [0, 0.1) is 0 Å². The fraction of sp³-hybridized carbons (Fsp3) is 0.364.